The van der Waals surface area contributed by atoms with Crippen molar-refractivity contribution in [2.45, 2.75) is 13.3 Å². The van der Waals surface area contributed by atoms with Crippen LogP contribution < -0.4 is 10.1 Å². The Labute approximate surface area is 207 Å². The summed E-state index contributed by atoms with van der Waals surface area (Å²) in [4.78, 5) is 12.8. The highest BCUT2D eigenvalue weighted by Crippen LogP contribution is 2.25. The van der Waals surface area contributed by atoms with Gasteiger partial charge in [0.05, 0.1) is 21.1 Å². The van der Waals surface area contributed by atoms with Crippen molar-refractivity contribution >= 4 is 62.5 Å². The van der Waals surface area contributed by atoms with Crippen LogP contribution in [0.2, 0.25) is 15.1 Å². The van der Waals surface area contributed by atoms with Crippen LogP contribution in [-0.4, -0.2) is 25.5 Å². The highest BCUT2D eigenvalue weighted by molar-refractivity contribution is 9.10. The highest BCUT2D eigenvalue weighted by Gasteiger charge is 2.16. The van der Waals surface area contributed by atoms with Crippen LogP contribution in [0, 0.1) is 0 Å². The van der Waals surface area contributed by atoms with Gasteiger partial charge in [-0.2, -0.15) is 10.2 Å². The molecule has 2 aromatic heterocycles. The normalized spacial score (nSPS) is 10.9. The number of benzene rings is 2. The third kappa shape index (κ3) is 5.45. The van der Waals surface area contributed by atoms with Gasteiger partial charge in [-0.1, -0.05) is 40.9 Å². The van der Waals surface area contributed by atoms with E-state index in [0.717, 1.165) is 5.56 Å². The molecule has 0 saturated heterocycles. The molecule has 0 aliphatic rings. The van der Waals surface area contributed by atoms with Gasteiger partial charge in [-0.15, -0.1) is 0 Å². The van der Waals surface area contributed by atoms with Gasteiger partial charge in [-0.3, -0.25) is 9.48 Å². The van der Waals surface area contributed by atoms with Crippen molar-refractivity contribution in [1.82, 2.24) is 19.6 Å². The first-order valence-electron chi connectivity index (χ1n) is 9.27. The number of hydrogen-bond acceptors (Lipinski definition) is 4. The Morgan fingerprint density at radius 2 is 1.84 bits per heavy atom. The van der Waals surface area contributed by atoms with Gasteiger partial charge in [0.15, 0.2) is 12.5 Å². The number of aromatic nitrogens is 4. The number of halogens is 4. The molecule has 1 N–H and O–H groups in total. The van der Waals surface area contributed by atoms with Gasteiger partial charge in [0, 0.05) is 17.4 Å². The van der Waals surface area contributed by atoms with Crippen LogP contribution in [0.5, 0.6) is 5.75 Å². The van der Waals surface area contributed by atoms with Gasteiger partial charge < -0.3 is 10.1 Å². The van der Waals surface area contributed by atoms with E-state index in [1.54, 1.807) is 53.3 Å². The van der Waals surface area contributed by atoms with E-state index in [2.05, 4.69) is 31.4 Å². The first kappa shape index (κ1) is 22.7. The molecule has 0 spiro atoms. The average Bonchev–Trinajstić information content (AvgIpc) is 3.37. The fourth-order valence-corrected chi connectivity index (χ4v) is 3.72. The Morgan fingerprint density at radius 1 is 1.06 bits per heavy atom. The molecular formula is C21H15BrCl3N5O2. The molecule has 0 bridgehead atoms. The molecule has 4 aromatic rings. The second-order valence-corrected chi connectivity index (χ2v) is 8.77. The van der Waals surface area contributed by atoms with Gasteiger partial charge in [0.2, 0.25) is 0 Å². The van der Waals surface area contributed by atoms with E-state index in [9.17, 15) is 4.79 Å². The first-order chi connectivity index (χ1) is 15.4. The smallest absolute Gasteiger partial charge is 0.275 e. The summed E-state index contributed by atoms with van der Waals surface area (Å²) in [6.45, 7) is 0.516. The van der Waals surface area contributed by atoms with Gasteiger partial charge in [0.25, 0.3) is 5.91 Å². The molecule has 0 unspecified atom stereocenters. The number of rotatable bonds is 7. The summed E-state index contributed by atoms with van der Waals surface area (Å²) in [5.41, 5.74) is 1.24. The summed E-state index contributed by atoms with van der Waals surface area (Å²) < 4.78 is 9.43. The average molecular weight is 556 g/mol. The van der Waals surface area contributed by atoms with Crippen molar-refractivity contribution in [3.63, 3.8) is 0 Å². The topological polar surface area (TPSA) is 74.0 Å². The SMILES string of the molecule is O=C(Nc1nn(Cc2ccc(Cl)c(Cl)c2)cc1Br)c1ccnn1COc1ccc(Cl)cc1. The van der Waals surface area contributed by atoms with Crippen LogP contribution in [0.15, 0.2) is 65.4 Å². The zero-order chi connectivity index (χ0) is 22.7. The van der Waals surface area contributed by atoms with Gasteiger partial charge in [-0.05, 0) is 64.0 Å². The number of hydrogen-bond donors (Lipinski definition) is 1. The van der Waals surface area contributed by atoms with Crippen LogP contribution in [0.4, 0.5) is 5.82 Å². The van der Waals surface area contributed by atoms with Crippen molar-refractivity contribution in [2.24, 2.45) is 0 Å². The second-order valence-electron chi connectivity index (χ2n) is 6.67. The number of carbonyl (C=O) groups excluding carboxylic acids is 1. The fourth-order valence-electron chi connectivity index (χ4n) is 2.85. The molecule has 164 valence electrons. The maximum absolute atomic E-state index is 12.8. The summed E-state index contributed by atoms with van der Waals surface area (Å²) in [7, 11) is 0. The fraction of sp³-hybridized carbons (Fsp3) is 0.0952. The minimum absolute atomic E-state index is 0.0598. The van der Waals surface area contributed by atoms with E-state index in [1.807, 2.05) is 6.07 Å². The van der Waals surface area contributed by atoms with Gasteiger partial charge in [0.1, 0.15) is 11.4 Å². The minimum atomic E-state index is -0.373. The summed E-state index contributed by atoms with van der Waals surface area (Å²) in [5, 5.41) is 12.9. The Kier molecular flexibility index (Phi) is 7.05. The van der Waals surface area contributed by atoms with Gasteiger partial charge in [-0.25, -0.2) is 4.68 Å². The monoisotopic (exact) mass is 553 g/mol. The Hall–Kier alpha value is -2.52. The summed E-state index contributed by atoms with van der Waals surface area (Å²) in [6, 6.07) is 13.9. The highest BCUT2D eigenvalue weighted by atomic mass is 79.9. The van der Waals surface area contributed by atoms with Crippen molar-refractivity contribution in [1.29, 1.82) is 0 Å². The maximum Gasteiger partial charge on any atom is 0.275 e. The van der Waals surface area contributed by atoms with Gasteiger partial charge >= 0.3 is 0 Å². The molecule has 7 nitrogen and oxygen atoms in total. The van der Waals surface area contributed by atoms with E-state index in [1.165, 1.54) is 10.9 Å². The lowest BCUT2D eigenvalue weighted by molar-refractivity contribution is 0.100. The quantitative estimate of drug-likeness (QED) is 0.297. The molecular weight excluding hydrogens is 541 g/mol. The van der Waals surface area contributed by atoms with Crippen LogP contribution in [0.1, 0.15) is 16.1 Å². The number of carbonyl (C=O) groups is 1. The van der Waals surface area contributed by atoms with Crippen molar-refractivity contribution in [3.05, 3.63) is 91.7 Å². The number of amides is 1. The zero-order valence-corrected chi connectivity index (χ0v) is 20.2. The molecule has 0 radical (unpaired) electrons. The lowest BCUT2D eigenvalue weighted by Gasteiger charge is -2.09. The predicted octanol–water partition coefficient (Wildman–Crippen LogP) is 6.14. The predicted molar refractivity (Wildman–Crippen MR) is 128 cm³/mol. The third-order valence-electron chi connectivity index (χ3n) is 4.39. The van der Waals surface area contributed by atoms with Crippen LogP contribution >= 0.6 is 50.7 Å². The molecule has 0 aliphatic carbocycles. The van der Waals surface area contributed by atoms with E-state index < -0.39 is 0 Å². The van der Waals surface area contributed by atoms with Crippen LogP contribution in [0.3, 0.4) is 0 Å². The minimum Gasteiger partial charge on any atom is -0.471 e. The molecule has 0 fully saturated rings. The molecule has 1 amide bonds. The summed E-state index contributed by atoms with van der Waals surface area (Å²) in [5.74, 6) is 0.615. The second kappa shape index (κ2) is 9.95. The lowest BCUT2D eigenvalue weighted by atomic mass is 10.2. The Morgan fingerprint density at radius 3 is 2.59 bits per heavy atom. The molecule has 4 rings (SSSR count). The zero-order valence-electron chi connectivity index (χ0n) is 16.3. The molecule has 2 aromatic carbocycles. The maximum atomic E-state index is 12.8. The molecule has 2 heterocycles. The Bertz CT molecular complexity index is 1260. The summed E-state index contributed by atoms with van der Waals surface area (Å²) in [6.07, 6.45) is 3.29. The van der Waals surface area contributed by atoms with E-state index in [4.69, 9.17) is 39.5 Å². The molecule has 32 heavy (non-hydrogen) atoms. The molecule has 0 atom stereocenters. The van der Waals surface area contributed by atoms with Crippen molar-refractivity contribution in [2.75, 3.05) is 5.32 Å². The van der Waals surface area contributed by atoms with Crippen molar-refractivity contribution in [3.8, 4) is 5.75 Å². The summed E-state index contributed by atoms with van der Waals surface area (Å²) >= 11 is 21.4. The van der Waals surface area contributed by atoms with E-state index >= 15 is 0 Å². The number of anilines is 1. The third-order valence-corrected chi connectivity index (χ3v) is 5.97. The number of ether oxygens (including phenoxy) is 1. The molecule has 0 saturated carbocycles. The van der Waals surface area contributed by atoms with Crippen LogP contribution in [-0.2, 0) is 13.3 Å². The Balaban J connectivity index is 1.42. The first-order valence-corrected chi connectivity index (χ1v) is 11.2. The lowest BCUT2D eigenvalue weighted by Crippen LogP contribution is -2.20. The molecule has 11 heteroatoms. The van der Waals surface area contributed by atoms with Crippen LogP contribution in [0.25, 0.3) is 0 Å². The largest absolute Gasteiger partial charge is 0.471 e. The van der Waals surface area contributed by atoms with Crippen molar-refractivity contribution < 1.29 is 9.53 Å². The number of nitrogens with zero attached hydrogens (tertiary/aromatic N) is 4. The van der Waals surface area contributed by atoms with E-state index in [-0.39, 0.29) is 12.6 Å². The van der Waals surface area contributed by atoms with E-state index in [0.29, 0.717) is 43.3 Å². The standard InChI is InChI=1S/C21H15BrCl3N5O2/c22-16-11-29(10-13-1-6-17(24)18(25)9-13)28-20(16)27-21(31)19-7-8-26-30(19)12-32-15-4-2-14(23)3-5-15/h1-9,11H,10,12H2,(H,27,28,31). The molecule has 0 aliphatic heterocycles. The number of nitrogens with one attached hydrogen (secondary N) is 1.